The van der Waals surface area contributed by atoms with Crippen LogP contribution in [0.25, 0.3) is 0 Å². The number of nitrogens with one attached hydrogen (secondary N) is 1. The molecule has 1 saturated carbocycles. The molecule has 2 fully saturated rings. The first-order valence-corrected chi connectivity index (χ1v) is 11.0. The Hall–Kier alpha value is -2.21. The van der Waals surface area contributed by atoms with Gasteiger partial charge in [-0.1, -0.05) is 6.07 Å². The lowest BCUT2D eigenvalue weighted by atomic mass is 10.1. The SMILES string of the molecule is CC(C)(C)n1nc(C(=O)N(Cc2ccccn2)C2CCCNCC2)cc1C1CC1. The lowest BCUT2D eigenvalue weighted by molar-refractivity contribution is 0.0634. The van der Waals surface area contributed by atoms with E-state index in [4.69, 9.17) is 5.10 Å². The molecule has 1 amide bonds. The lowest BCUT2D eigenvalue weighted by Gasteiger charge is -2.30. The zero-order valence-corrected chi connectivity index (χ0v) is 17.9. The van der Waals surface area contributed by atoms with Crippen molar-refractivity contribution < 1.29 is 4.79 Å². The number of carbonyl (C=O) groups is 1. The van der Waals surface area contributed by atoms with Crippen LogP contribution < -0.4 is 5.32 Å². The van der Waals surface area contributed by atoms with E-state index in [-0.39, 0.29) is 17.5 Å². The van der Waals surface area contributed by atoms with E-state index in [0.29, 0.717) is 18.2 Å². The van der Waals surface area contributed by atoms with Gasteiger partial charge in [-0.25, -0.2) is 0 Å². The Labute approximate surface area is 173 Å². The molecule has 1 saturated heterocycles. The van der Waals surface area contributed by atoms with E-state index in [9.17, 15) is 4.79 Å². The molecule has 0 bridgehead atoms. The van der Waals surface area contributed by atoms with Crippen molar-refractivity contribution in [2.75, 3.05) is 13.1 Å². The Morgan fingerprint density at radius 1 is 1.21 bits per heavy atom. The monoisotopic (exact) mass is 395 g/mol. The minimum absolute atomic E-state index is 0.0347. The molecular formula is C23H33N5O. The molecule has 4 rings (SSSR count). The van der Waals surface area contributed by atoms with Gasteiger partial charge in [0.15, 0.2) is 5.69 Å². The van der Waals surface area contributed by atoms with Crippen LogP contribution >= 0.6 is 0 Å². The first kappa shape index (κ1) is 20.1. The van der Waals surface area contributed by atoms with E-state index < -0.39 is 0 Å². The average Bonchev–Trinajstić information content (AvgIpc) is 3.49. The Kier molecular flexibility index (Phi) is 5.72. The molecular weight excluding hydrogens is 362 g/mol. The van der Waals surface area contributed by atoms with Crippen LogP contribution in [-0.4, -0.2) is 44.7 Å². The number of pyridine rings is 1. The molecule has 3 heterocycles. The number of aromatic nitrogens is 3. The summed E-state index contributed by atoms with van der Waals surface area (Å²) >= 11 is 0. The zero-order chi connectivity index (χ0) is 20.4. The number of nitrogens with zero attached hydrogens (tertiary/aromatic N) is 4. The van der Waals surface area contributed by atoms with Crippen LogP contribution in [0.3, 0.4) is 0 Å². The van der Waals surface area contributed by atoms with Crippen LogP contribution in [0.5, 0.6) is 0 Å². The highest BCUT2D eigenvalue weighted by Gasteiger charge is 2.34. The molecule has 1 N–H and O–H groups in total. The third kappa shape index (κ3) is 4.69. The maximum atomic E-state index is 13.7. The van der Waals surface area contributed by atoms with Crippen LogP contribution in [0, 0.1) is 0 Å². The van der Waals surface area contributed by atoms with Crippen molar-refractivity contribution in [3.8, 4) is 0 Å². The summed E-state index contributed by atoms with van der Waals surface area (Å²) in [6.45, 7) is 8.97. The van der Waals surface area contributed by atoms with E-state index in [1.165, 1.54) is 18.5 Å². The second-order valence-electron chi connectivity index (χ2n) is 9.40. The largest absolute Gasteiger partial charge is 0.328 e. The van der Waals surface area contributed by atoms with Gasteiger partial charge in [0.05, 0.1) is 17.8 Å². The van der Waals surface area contributed by atoms with Gasteiger partial charge >= 0.3 is 0 Å². The molecule has 0 radical (unpaired) electrons. The van der Waals surface area contributed by atoms with Gasteiger partial charge in [-0.05, 0) is 84.2 Å². The van der Waals surface area contributed by atoms with E-state index in [1.807, 2.05) is 29.2 Å². The van der Waals surface area contributed by atoms with E-state index in [2.05, 4.69) is 35.8 Å². The predicted molar refractivity (Wildman–Crippen MR) is 114 cm³/mol. The smallest absolute Gasteiger partial charge is 0.274 e. The summed E-state index contributed by atoms with van der Waals surface area (Å²) in [5.41, 5.74) is 2.58. The summed E-state index contributed by atoms with van der Waals surface area (Å²) in [4.78, 5) is 20.2. The average molecular weight is 396 g/mol. The van der Waals surface area contributed by atoms with Gasteiger partial charge in [0, 0.05) is 23.9 Å². The third-order valence-electron chi connectivity index (χ3n) is 5.89. The van der Waals surface area contributed by atoms with Gasteiger partial charge in [-0.3, -0.25) is 14.5 Å². The van der Waals surface area contributed by atoms with Crippen molar-refractivity contribution in [3.05, 3.63) is 47.5 Å². The number of amides is 1. The highest BCUT2D eigenvalue weighted by atomic mass is 16.2. The molecule has 1 aliphatic carbocycles. The second kappa shape index (κ2) is 8.27. The topological polar surface area (TPSA) is 63.1 Å². The van der Waals surface area contributed by atoms with Crippen molar-refractivity contribution >= 4 is 5.91 Å². The van der Waals surface area contributed by atoms with Gasteiger partial charge in [-0.15, -0.1) is 0 Å². The fourth-order valence-corrected chi connectivity index (χ4v) is 4.20. The Bertz CT molecular complexity index is 827. The molecule has 2 aromatic heterocycles. The van der Waals surface area contributed by atoms with Crippen LogP contribution in [-0.2, 0) is 12.1 Å². The molecule has 1 unspecified atom stereocenters. The predicted octanol–water partition coefficient (Wildman–Crippen LogP) is 3.70. The highest BCUT2D eigenvalue weighted by Crippen LogP contribution is 2.42. The molecule has 6 heteroatoms. The first-order valence-electron chi connectivity index (χ1n) is 11.0. The molecule has 2 aromatic rings. The van der Waals surface area contributed by atoms with Crippen molar-refractivity contribution in [1.29, 1.82) is 0 Å². The van der Waals surface area contributed by atoms with Gasteiger partial charge in [0.2, 0.25) is 0 Å². The summed E-state index contributed by atoms with van der Waals surface area (Å²) in [5.74, 6) is 0.585. The number of rotatable bonds is 5. The number of hydrogen-bond donors (Lipinski definition) is 1. The fraction of sp³-hybridized carbons (Fsp3) is 0.609. The fourth-order valence-electron chi connectivity index (χ4n) is 4.20. The molecule has 6 nitrogen and oxygen atoms in total. The zero-order valence-electron chi connectivity index (χ0n) is 17.9. The first-order chi connectivity index (χ1) is 13.9. The second-order valence-corrected chi connectivity index (χ2v) is 9.40. The molecule has 2 aliphatic rings. The molecule has 1 atom stereocenters. The maximum Gasteiger partial charge on any atom is 0.274 e. The molecule has 0 aromatic carbocycles. The summed E-state index contributed by atoms with van der Waals surface area (Å²) in [6.07, 6.45) is 7.25. The van der Waals surface area contributed by atoms with Crippen LogP contribution in [0.15, 0.2) is 30.5 Å². The Balaban J connectivity index is 1.65. The molecule has 29 heavy (non-hydrogen) atoms. The quantitative estimate of drug-likeness (QED) is 0.839. The van der Waals surface area contributed by atoms with Gasteiger partial charge < -0.3 is 10.2 Å². The molecule has 156 valence electrons. The normalized spacial score (nSPS) is 20.3. The van der Waals surface area contributed by atoms with Crippen LogP contribution in [0.4, 0.5) is 0 Å². The number of hydrogen-bond acceptors (Lipinski definition) is 4. The van der Waals surface area contributed by atoms with Crippen LogP contribution in [0.2, 0.25) is 0 Å². The summed E-state index contributed by atoms with van der Waals surface area (Å²) in [7, 11) is 0. The van der Waals surface area contributed by atoms with E-state index in [1.54, 1.807) is 6.20 Å². The minimum Gasteiger partial charge on any atom is -0.328 e. The number of carbonyl (C=O) groups excluding carboxylic acids is 1. The van der Waals surface area contributed by atoms with Gasteiger partial charge in [0.1, 0.15) is 0 Å². The lowest BCUT2D eigenvalue weighted by Crippen LogP contribution is -2.41. The molecule has 1 aliphatic heterocycles. The Morgan fingerprint density at radius 3 is 2.72 bits per heavy atom. The van der Waals surface area contributed by atoms with Crippen molar-refractivity contribution in [2.24, 2.45) is 0 Å². The maximum absolute atomic E-state index is 13.7. The van der Waals surface area contributed by atoms with Crippen molar-refractivity contribution in [3.63, 3.8) is 0 Å². The van der Waals surface area contributed by atoms with E-state index >= 15 is 0 Å². The van der Waals surface area contributed by atoms with Crippen molar-refractivity contribution in [2.45, 2.75) is 76.9 Å². The summed E-state index contributed by atoms with van der Waals surface area (Å²) in [6, 6.07) is 8.16. The van der Waals surface area contributed by atoms with Crippen molar-refractivity contribution in [1.82, 2.24) is 25.0 Å². The third-order valence-corrected chi connectivity index (χ3v) is 5.89. The van der Waals surface area contributed by atoms with Gasteiger partial charge in [0.25, 0.3) is 5.91 Å². The highest BCUT2D eigenvalue weighted by molar-refractivity contribution is 5.92. The van der Waals surface area contributed by atoms with Gasteiger partial charge in [-0.2, -0.15) is 5.10 Å². The Morgan fingerprint density at radius 2 is 2.03 bits per heavy atom. The standard InChI is InChI=1S/C23H33N5O/c1-23(2,3)28-21(17-9-10-17)15-20(26-28)22(29)27(16-18-7-4-5-13-25-18)19-8-6-12-24-14-11-19/h4-5,7,13,15,17,19,24H,6,8-12,14,16H2,1-3H3. The van der Waals surface area contributed by atoms with Crippen LogP contribution in [0.1, 0.15) is 80.7 Å². The minimum atomic E-state index is -0.130. The van der Waals surface area contributed by atoms with E-state index in [0.717, 1.165) is 38.0 Å². The summed E-state index contributed by atoms with van der Waals surface area (Å²) < 4.78 is 2.07. The molecule has 0 spiro atoms. The summed E-state index contributed by atoms with van der Waals surface area (Å²) in [5, 5.41) is 8.27.